The molecule has 0 bridgehead atoms. The standard InChI is InChI=1S/C15H14N2O2S/c1-9-14(10(2)18)20-15-16-13(8-17(9)15)11-4-6-12(19-3)7-5-11/h4-8H,1-3H3. The number of carbonyl (C=O) groups excluding carboxylic acids is 1. The number of ketones is 1. The number of aromatic nitrogens is 2. The number of carbonyl (C=O) groups is 1. The van der Waals surface area contributed by atoms with Gasteiger partial charge in [0.15, 0.2) is 10.7 Å². The molecule has 5 heteroatoms. The molecule has 1 aromatic carbocycles. The van der Waals surface area contributed by atoms with Crippen molar-refractivity contribution in [3.05, 3.63) is 41.0 Å². The number of Topliss-reactive ketones (excluding diaryl/α,β-unsaturated/α-hetero) is 1. The molecule has 0 N–H and O–H groups in total. The molecular formula is C15H14N2O2S. The molecule has 0 fully saturated rings. The number of benzene rings is 1. The van der Waals surface area contributed by atoms with Crippen LogP contribution in [0.5, 0.6) is 5.75 Å². The van der Waals surface area contributed by atoms with Gasteiger partial charge in [-0.25, -0.2) is 4.98 Å². The van der Waals surface area contributed by atoms with Crippen LogP contribution in [-0.2, 0) is 0 Å². The number of ether oxygens (including phenoxy) is 1. The number of aryl methyl sites for hydroxylation is 1. The van der Waals surface area contributed by atoms with Crippen LogP contribution in [0.2, 0.25) is 0 Å². The molecule has 0 saturated heterocycles. The molecule has 0 saturated carbocycles. The van der Waals surface area contributed by atoms with Gasteiger partial charge in [-0.2, -0.15) is 0 Å². The van der Waals surface area contributed by atoms with Crippen molar-refractivity contribution in [1.82, 2.24) is 9.38 Å². The summed E-state index contributed by atoms with van der Waals surface area (Å²) in [5, 5.41) is 0. The molecule has 0 aliphatic rings. The second kappa shape index (κ2) is 4.76. The molecule has 20 heavy (non-hydrogen) atoms. The van der Waals surface area contributed by atoms with E-state index in [-0.39, 0.29) is 5.78 Å². The molecule has 0 aliphatic carbocycles. The SMILES string of the molecule is COc1ccc(-c2cn3c(C)c(C(C)=O)sc3n2)cc1. The van der Waals surface area contributed by atoms with Crippen LogP contribution < -0.4 is 4.74 Å². The van der Waals surface area contributed by atoms with Crippen molar-refractivity contribution in [1.29, 1.82) is 0 Å². The normalized spacial score (nSPS) is 10.9. The second-order valence-electron chi connectivity index (χ2n) is 4.58. The van der Waals surface area contributed by atoms with Crippen molar-refractivity contribution in [2.75, 3.05) is 7.11 Å². The maximum atomic E-state index is 11.5. The van der Waals surface area contributed by atoms with Crippen molar-refractivity contribution < 1.29 is 9.53 Å². The van der Waals surface area contributed by atoms with Gasteiger partial charge in [-0.1, -0.05) is 11.3 Å². The van der Waals surface area contributed by atoms with Crippen molar-refractivity contribution in [2.45, 2.75) is 13.8 Å². The average Bonchev–Trinajstić information content (AvgIpc) is 2.99. The maximum Gasteiger partial charge on any atom is 0.195 e. The Balaban J connectivity index is 2.06. The third-order valence-electron chi connectivity index (χ3n) is 3.26. The monoisotopic (exact) mass is 286 g/mol. The van der Waals surface area contributed by atoms with E-state index in [4.69, 9.17) is 4.74 Å². The van der Waals surface area contributed by atoms with Gasteiger partial charge in [0.05, 0.1) is 17.7 Å². The summed E-state index contributed by atoms with van der Waals surface area (Å²) in [4.78, 5) is 17.7. The van der Waals surface area contributed by atoms with Gasteiger partial charge in [0, 0.05) is 24.4 Å². The fourth-order valence-corrected chi connectivity index (χ4v) is 3.18. The number of hydrogen-bond acceptors (Lipinski definition) is 4. The first kappa shape index (κ1) is 12.9. The lowest BCUT2D eigenvalue weighted by atomic mass is 10.2. The first-order valence-electron chi connectivity index (χ1n) is 6.24. The molecule has 4 nitrogen and oxygen atoms in total. The smallest absolute Gasteiger partial charge is 0.195 e. The van der Waals surface area contributed by atoms with Crippen LogP contribution in [0.25, 0.3) is 16.2 Å². The number of imidazole rings is 1. The molecule has 3 rings (SSSR count). The summed E-state index contributed by atoms with van der Waals surface area (Å²) in [6, 6.07) is 7.78. The molecule has 2 aromatic heterocycles. The molecule has 3 aromatic rings. The minimum atomic E-state index is 0.0870. The Morgan fingerprint density at radius 2 is 2.00 bits per heavy atom. The highest BCUT2D eigenvalue weighted by molar-refractivity contribution is 7.19. The van der Waals surface area contributed by atoms with Crippen molar-refractivity contribution in [3.8, 4) is 17.0 Å². The van der Waals surface area contributed by atoms with Crippen LogP contribution in [0.3, 0.4) is 0 Å². The minimum absolute atomic E-state index is 0.0870. The van der Waals surface area contributed by atoms with Crippen LogP contribution in [0.15, 0.2) is 30.5 Å². The zero-order valence-corrected chi connectivity index (χ0v) is 12.3. The zero-order chi connectivity index (χ0) is 14.3. The minimum Gasteiger partial charge on any atom is -0.497 e. The van der Waals surface area contributed by atoms with Crippen molar-refractivity contribution >= 4 is 22.1 Å². The number of thiazole rings is 1. The molecule has 0 unspecified atom stereocenters. The fraction of sp³-hybridized carbons (Fsp3) is 0.200. The molecular weight excluding hydrogens is 272 g/mol. The van der Waals surface area contributed by atoms with E-state index in [1.54, 1.807) is 14.0 Å². The lowest BCUT2D eigenvalue weighted by Crippen LogP contribution is -1.92. The Morgan fingerprint density at radius 1 is 1.30 bits per heavy atom. The molecule has 0 atom stereocenters. The summed E-state index contributed by atoms with van der Waals surface area (Å²) < 4.78 is 7.12. The largest absolute Gasteiger partial charge is 0.497 e. The summed E-state index contributed by atoms with van der Waals surface area (Å²) in [5.74, 6) is 0.911. The first-order valence-corrected chi connectivity index (χ1v) is 7.05. The first-order chi connectivity index (χ1) is 9.60. The van der Waals surface area contributed by atoms with Crippen molar-refractivity contribution in [3.63, 3.8) is 0 Å². The van der Waals surface area contributed by atoms with Gasteiger partial charge in [0.1, 0.15) is 5.75 Å². The third kappa shape index (κ3) is 2.00. The van der Waals surface area contributed by atoms with E-state index < -0.39 is 0 Å². The van der Waals surface area contributed by atoms with Crippen LogP contribution >= 0.6 is 11.3 Å². The summed E-state index contributed by atoms with van der Waals surface area (Å²) in [6.45, 7) is 3.53. The number of methoxy groups -OCH3 is 1. The fourth-order valence-electron chi connectivity index (χ4n) is 2.18. The summed E-state index contributed by atoms with van der Waals surface area (Å²) in [5.41, 5.74) is 2.88. The van der Waals surface area contributed by atoms with Crippen LogP contribution in [0.1, 0.15) is 22.3 Å². The quantitative estimate of drug-likeness (QED) is 0.691. The van der Waals surface area contributed by atoms with Crippen LogP contribution in [0.4, 0.5) is 0 Å². The van der Waals surface area contributed by atoms with Crippen molar-refractivity contribution in [2.24, 2.45) is 0 Å². The zero-order valence-electron chi connectivity index (χ0n) is 11.5. The second-order valence-corrected chi connectivity index (χ2v) is 5.56. The lowest BCUT2D eigenvalue weighted by Gasteiger charge is -2.00. The van der Waals surface area contributed by atoms with E-state index in [9.17, 15) is 4.79 Å². The molecule has 0 amide bonds. The maximum absolute atomic E-state index is 11.5. The van der Waals surface area contributed by atoms with E-state index in [1.165, 1.54) is 11.3 Å². The van der Waals surface area contributed by atoms with Crippen LogP contribution in [-0.4, -0.2) is 22.3 Å². The molecule has 2 heterocycles. The number of fused-ring (bicyclic) bond motifs is 1. The van der Waals surface area contributed by atoms with Gasteiger partial charge in [-0.3, -0.25) is 9.20 Å². The Labute approximate surface area is 120 Å². The van der Waals surface area contributed by atoms with Gasteiger partial charge in [-0.15, -0.1) is 0 Å². The number of hydrogen-bond donors (Lipinski definition) is 0. The Morgan fingerprint density at radius 3 is 2.55 bits per heavy atom. The third-order valence-corrected chi connectivity index (χ3v) is 4.52. The van der Waals surface area contributed by atoms with E-state index >= 15 is 0 Å². The van der Waals surface area contributed by atoms with Gasteiger partial charge in [0.2, 0.25) is 0 Å². The number of rotatable bonds is 3. The van der Waals surface area contributed by atoms with E-state index in [0.717, 1.165) is 32.5 Å². The summed E-state index contributed by atoms with van der Waals surface area (Å²) in [6.07, 6.45) is 1.97. The Kier molecular flexibility index (Phi) is 3.06. The van der Waals surface area contributed by atoms with E-state index in [2.05, 4.69) is 4.98 Å². The molecule has 0 spiro atoms. The number of nitrogens with zero attached hydrogens (tertiary/aromatic N) is 2. The lowest BCUT2D eigenvalue weighted by molar-refractivity contribution is 0.102. The Bertz CT molecular complexity index is 784. The van der Waals surface area contributed by atoms with E-state index in [0.29, 0.717) is 0 Å². The summed E-state index contributed by atoms with van der Waals surface area (Å²) in [7, 11) is 1.65. The van der Waals surface area contributed by atoms with Gasteiger partial charge in [0.25, 0.3) is 0 Å². The molecule has 0 radical (unpaired) electrons. The highest BCUT2D eigenvalue weighted by atomic mass is 32.1. The van der Waals surface area contributed by atoms with Crippen LogP contribution in [0, 0.1) is 6.92 Å². The predicted octanol–water partition coefficient (Wildman–Crippen LogP) is 3.58. The predicted molar refractivity (Wildman–Crippen MR) is 79.8 cm³/mol. The highest BCUT2D eigenvalue weighted by Crippen LogP contribution is 2.28. The van der Waals surface area contributed by atoms with Gasteiger partial charge >= 0.3 is 0 Å². The van der Waals surface area contributed by atoms with E-state index in [1.807, 2.05) is 41.8 Å². The highest BCUT2D eigenvalue weighted by Gasteiger charge is 2.15. The van der Waals surface area contributed by atoms with Gasteiger partial charge < -0.3 is 4.74 Å². The summed E-state index contributed by atoms with van der Waals surface area (Å²) >= 11 is 1.43. The van der Waals surface area contributed by atoms with Gasteiger partial charge in [-0.05, 0) is 31.2 Å². The molecule has 102 valence electrons. The molecule has 0 aliphatic heterocycles. The topological polar surface area (TPSA) is 43.6 Å². The Hall–Kier alpha value is -2.14. The average molecular weight is 286 g/mol.